The number of rotatable bonds is 5. The number of hydrogen-bond donors (Lipinski definition) is 2. The first kappa shape index (κ1) is 19.0. The van der Waals surface area contributed by atoms with Crippen LogP contribution in [0.4, 0.5) is 4.79 Å². The van der Waals surface area contributed by atoms with Gasteiger partial charge < -0.3 is 15.8 Å². The topological polar surface area (TPSA) is 81.4 Å². The lowest BCUT2D eigenvalue weighted by Crippen LogP contribution is -2.46. The van der Waals surface area contributed by atoms with E-state index in [-0.39, 0.29) is 17.9 Å². The summed E-state index contributed by atoms with van der Waals surface area (Å²) >= 11 is 0. The van der Waals surface area contributed by atoms with Gasteiger partial charge in [0.2, 0.25) is 5.91 Å². The maximum absolute atomic E-state index is 12.3. The second-order valence-electron chi connectivity index (χ2n) is 8.19. The van der Waals surface area contributed by atoms with Crippen LogP contribution in [0.25, 0.3) is 11.1 Å². The van der Waals surface area contributed by atoms with Crippen LogP contribution in [0.15, 0.2) is 48.5 Å². The lowest BCUT2D eigenvalue weighted by atomic mass is 9.88. The molecule has 1 atom stereocenters. The first-order valence-corrected chi connectivity index (χ1v) is 9.17. The fraction of sp³-hybridized carbons (Fsp3) is 0.364. The van der Waals surface area contributed by atoms with Crippen LogP contribution >= 0.6 is 0 Å². The summed E-state index contributed by atoms with van der Waals surface area (Å²) in [6.07, 6.45) is -0.170. The summed E-state index contributed by atoms with van der Waals surface area (Å²) < 4.78 is 5.48. The first-order chi connectivity index (χ1) is 12.8. The molecule has 0 aromatic heterocycles. The van der Waals surface area contributed by atoms with Crippen molar-refractivity contribution in [2.24, 2.45) is 11.1 Å². The second-order valence-corrected chi connectivity index (χ2v) is 8.19. The summed E-state index contributed by atoms with van der Waals surface area (Å²) in [6.45, 7) is 6.17. The quantitative estimate of drug-likeness (QED) is 0.844. The van der Waals surface area contributed by atoms with Crippen molar-refractivity contribution >= 4 is 12.0 Å². The van der Waals surface area contributed by atoms with E-state index in [0.717, 1.165) is 11.1 Å². The molecule has 0 bridgehead atoms. The highest BCUT2D eigenvalue weighted by Crippen LogP contribution is 2.44. The predicted octanol–water partition coefficient (Wildman–Crippen LogP) is 3.82. The minimum atomic E-state index is -0.749. The van der Waals surface area contributed by atoms with Gasteiger partial charge in [-0.15, -0.1) is 0 Å². The van der Waals surface area contributed by atoms with E-state index in [1.807, 2.05) is 45.0 Å². The fourth-order valence-electron chi connectivity index (χ4n) is 3.62. The average molecular weight is 366 g/mol. The summed E-state index contributed by atoms with van der Waals surface area (Å²) in [7, 11) is 0. The molecule has 5 nitrogen and oxygen atoms in total. The summed E-state index contributed by atoms with van der Waals surface area (Å²) in [5, 5.41) is 2.61. The van der Waals surface area contributed by atoms with Crippen LogP contribution < -0.4 is 11.1 Å². The predicted molar refractivity (Wildman–Crippen MR) is 105 cm³/mol. The van der Waals surface area contributed by atoms with Gasteiger partial charge in [0.15, 0.2) is 0 Å². The van der Waals surface area contributed by atoms with Crippen LogP contribution in [-0.2, 0) is 9.53 Å². The highest BCUT2D eigenvalue weighted by atomic mass is 16.5. The third-order valence-electron chi connectivity index (χ3n) is 4.80. The van der Waals surface area contributed by atoms with Gasteiger partial charge in [0.1, 0.15) is 12.6 Å². The zero-order valence-electron chi connectivity index (χ0n) is 16.0. The maximum Gasteiger partial charge on any atom is 0.407 e. The van der Waals surface area contributed by atoms with Crippen molar-refractivity contribution in [3.63, 3.8) is 0 Å². The van der Waals surface area contributed by atoms with Crippen molar-refractivity contribution < 1.29 is 14.3 Å². The van der Waals surface area contributed by atoms with Gasteiger partial charge in [-0.1, -0.05) is 69.3 Å². The molecule has 0 fully saturated rings. The molecule has 142 valence electrons. The molecule has 0 saturated carbocycles. The molecule has 0 saturated heterocycles. The molecule has 0 radical (unpaired) electrons. The summed E-state index contributed by atoms with van der Waals surface area (Å²) in [6, 6.07) is 15.5. The molecule has 1 aliphatic rings. The van der Waals surface area contributed by atoms with Crippen molar-refractivity contribution in [1.82, 2.24) is 5.32 Å². The molecule has 0 unspecified atom stereocenters. The molecular formula is C22H26N2O3. The maximum atomic E-state index is 12.3. The van der Waals surface area contributed by atoms with Crippen LogP contribution in [0.1, 0.15) is 44.2 Å². The zero-order chi connectivity index (χ0) is 19.6. The van der Waals surface area contributed by atoms with E-state index in [2.05, 4.69) is 29.6 Å². The Balaban J connectivity index is 1.69. The standard InChI is InChI=1S/C22H26N2O3/c1-22(2,3)12-19(20(23)25)24-21(26)27-13-18-16-10-6-4-8-14(16)15-9-5-7-11-17(15)18/h4-11,18-19H,12-13H2,1-3H3,(H2,23,25)(H,24,26)/t19-/m1/s1. The molecular weight excluding hydrogens is 340 g/mol. The number of hydrogen-bond acceptors (Lipinski definition) is 3. The third-order valence-corrected chi connectivity index (χ3v) is 4.80. The van der Waals surface area contributed by atoms with Gasteiger partial charge in [0.25, 0.3) is 0 Å². The number of amides is 2. The molecule has 0 spiro atoms. The molecule has 2 aromatic rings. The fourth-order valence-corrected chi connectivity index (χ4v) is 3.62. The molecule has 3 N–H and O–H groups in total. The van der Waals surface area contributed by atoms with Crippen LogP contribution in [0.5, 0.6) is 0 Å². The van der Waals surface area contributed by atoms with Gasteiger partial charge in [0, 0.05) is 5.92 Å². The number of nitrogens with one attached hydrogen (secondary N) is 1. The van der Waals surface area contributed by atoms with E-state index in [4.69, 9.17) is 10.5 Å². The Morgan fingerprint density at radius 2 is 1.56 bits per heavy atom. The summed E-state index contributed by atoms with van der Waals surface area (Å²) in [4.78, 5) is 23.9. The SMILES string of the molecule is CC(C)(C)C[C@@H](NC(=O)OCC1c2ccccc2-c2ccccc21)C(N)=O. The van der Waals surface area contributed by atoms with Crippen molar-refractivity contribution in [3.8, 4) is 11.1 Å². The Labute approximate surface area is 159 Å². The minimum absolute atomic E-state index is 0.0159. The number of ether oxygens (including phenoxy) is 1. The Morgan fingerprint density at radius 3 is 2.04 bits per heavy atom. The molecule has 0 heterocycles. The van der Waals surface area contributed by atoms with Crippen molar-refractivity contribution in [1.29, 1.82) is 0 Å². The molecule has 5 heteroatoms. The molecule has 1 aliphatic carbocycles. The smallest absolute Gasteiger partial charge is 0.407 e. The van der Waals surface area contributed by atoms with Gasteiger partial charge in [-0.05, 0) is 34.1 Å². The van der Waals surface area contributed by atoms with Gasteiger partial charge in [-0.25, -0.2) is 4.79 Å². The third kappa shape index (κ3) is 4.30. The summed E-state index contributed by atoms with van der Waals surface area (Å²) in [5.41, 5.74) is 9.92. The number of nitrogens with two attached hydrogens (primary N) is 1. The van der Waals surface area contributed by atoms with Crippen molar-refractivity contribution in [2.75, 3.05) is 6.61 Å². The Kier molecular flexibility index (Phi) is 5.22. The first-order valence-electron chi connectivity index (χ1n) is 9.17. The van der Waals surface area contributed by atoms with E-state index < -0.39 is 18.0 Å². The molecule has 27 heavy (non-hydrogen) atoms. The Bertz CT molecular complexity index is 809. The van der Waals surface area contributed by atoms with Gasteiger partial charge >= 0.3 is 6.09 Å². The van der Waals surface area contributed by atoms with Gasteiger partial charge in [-0.3, -0.25) is 4.79 Å². The lowest BCUT2D eigenvalue weighted by molar-refractivity contribution is -0.120. The van der Waals surface area contributed by atoms with Crippen LogP contribution in [0.3, 0.4) is 0 Å². The molecule has 0 aliphatic heterocycles. The number of carbonyl (C=O) groups is 2. The van der Waals surface area contributed by atoms with Crippen molar-refractivity contribution in [3.05, 3.63) is 59.7 Å². The summed E-state index contributed by atoms with van der Waals surface area (Å²) in [5.74, 6) is -0.573. The van der Waals surface area contributed by atoms with E-state index in [1.165, 1.54) is 11.1 Å². The van der Waals surface area contributed by atoms with Crippen LogP contribution in [-0.4, -0.2) is 24.6 Å². The van der Waals surface area contributed by atoms with Crippen molar-refractivity contribution in [2.45, 2.75) is 39.2 Å². The number of fused-ring (bicyclic) bond motifs is 3. The lowest BCUT2D eigenvalue weighted by Gasteiger charge is -2.24. The Hall–Kier alpha value is -2.82. The highest BCUT2D eigenvalue weighted by molar-refractivity contribution is 5.84. The zero-order valence-corrected chi connectivity index (χ0v) is 16.0. The monoisotopic (exact) mass is 366 g/mol. The Morgan fingerprint density at radius 1 is 1.04 bits per heavy atom. The van der Waals surface area contributed by atoms with Gasteiger partial charge in [0.05, 0.1) is 0 Å². The van der Waals surface area contributed by atoms with Crippen LogP contribution in [0, 0.1) is 5.41 Å². The molecule has 2 amide bonds. The number of benzene rings is 2. The number of alkyl carbamates (subject to hydrolysis) is 1. The van der Waals surface area contributed by atoms with E-state index >= 15 is 0 Å². The number of carbonyl (C=O) groups excluding carboxylic acids is 2. The van der Waals surface area contributed by atoms with E-state index in [1.54, 1.807) is 0 Å². The van der Waals surface area contributed by atoms with Crippen LogP contribution in [0.2, 0.25) is 0 Å². The van der Waals surface area contributed by atoms with E-state index in [9.17, 15) is 9.59 Å². The normalized spacial score (nSPS) is 14.2. The van der Waals surface area contributed by atoms with E-state index in [0.29, 0.717) is 6.42 Å². The van der Waals surface area contributed by atoms with Gasteiger partial charge in [-0.2, -0.15) is 0 Å². The average Bonchev–Trinajstić information content (AvgIpc) is 2.92. The highest BCUT2D eigenvalue weighted by Gasteiger charge is 2.30. The minimum Gasteiger partial charge on any atom is -0.449 e. The molecule has 2 aromatic carbocycles. The number of primary amides is 1. The largest absolute Gasteiger partial charge is 0.449 e. The molecule has 3 rings (SSSR count). The second kappa shape index (κ2) is 7.43.